The number of nitrogens with zero attached hydrogens (tertiary/aromatic N) is 1. The number of hydrogen-bond donors (Lipinski definition) is 2. The van der Waals surface area contributed by atoms with Gasteiger partial charge in [-0.05, 0) is 42.0 Å². The van der Waals surface area contributed by atoms with Crippen LogP contribution in [0.3, 0.4) is 0 Å². The molecule has 0 aliphatic carbocycles. The van der Waals surface area contributed by atoms with Crippen LogP contribution in [0.25, 0.3) is 0 Å². The van der Waals surface area contributed by atoms with E-state index >= 15 is 0 Å². The van der Waals surface area contributed by atoms with Crippen molar-refractivity contribution >= 4 is 29.1 Å². The van der Waals surface area contributed by atoms with Gasteiger partial charge in [-0.2, -0.15) is 0 Å². The number of halogens is 1. The summed E-state index contributed by atoms with van der Waals surface area (Å²) < 4.78 is 0. The van der Waals surface area contributed by atoms with Crippen molar-refractivity contribution in [2.45, 2.75) is 6.54 Å². The summed E-state index contributed by atoms with van der Waals surface area (Å²) in [5.41, 5.74) is 2.40. The number of rotatable bonds is 5. The Bertz CT molecular complexity index is 929. The van der Waals surface area contributed by atoms with Gasteiger partial charge >= 0.3 is 0 Å². The zero-order valence-corrected chi connectivity index (χ0v) is 14.5. The van der Waals surface area contributed by atoms with Crippen LogP contribution in [0.1, 0.15) is 26.3 Å². The van der Waals surface area contributed by atoms with Crippen LogP contribution in [0.4, 0.5) is 5.69 Å². The first-order valence-electron chi connectivity index (χ1n) is 7.96. The van der Waals surface area contributed by atoms with Gasteiger partial charge in [-0.25, -0.2) is 0 Å². The first kappa shape index (κ1) is 17.6. The van der Waals surface area contributed by atoms with E-state index in [9.17, 15) is 9.59 Å². The molecule has 3 aromatic rings. The lowest BCUT2D eigenvalue weighted by molar-refractivity contribution is 0.0950. The number of anilines is 1. The van der Waals surface area contributed by atoms with Crippen LogP contribution >= 0.6 is 11.6 Å². The van der Waals surface area contributed by atoms with Crippen molar-refractivity contribution < 1.29 is 9.59 Å². The molecule has 0 aliphatic heterocycles. The highest BCUT2D eigenvalue weighted by molar-refractivity contribution is 6.33. The van der Waals surface area contributed by atoms with E-state index < -0.39 is 0 Å². The Labute approximate surface area is 156 Å². The predicted octanol–water partition coefficient (Wildman–Crippen LogP) is 3.92. The summed E-state index contributed by atoms with van der Waals surface area (Å²) in [5.74, 6) is -0.490. The normalized spacial score (nSPS) is 10.2. The summed E-state index contributed by atoms with van der Waals surface area (Å²) in [7, 11) is 0. The standard InChI is InChI=1S/C20H16ClN3O2/c21-18-9-2-1-8-17(18)20(26)23-12-14-5-3-7-16(11-14)24-19(25)15-6-4-10-22-13-15/h1-11,13H,12H2,(H,23,26)(H,24,25). The molecular weight excluding hydrogens is 350 g/mol. The molecule has 2 N–H and O–H groups in total. The van der Waals surface area contributed by atoms with E-state index in [2.05, 4.69) is 15.6 Å². The van der Waals surface area contributed by atoms with Crippen LogP contribution in [-0.4, -0.2) is 16.8 Å². The maximum absolute atomic E-state index is 12.2. The molecule has 3 rings (SSSR count). The Morgan fingerprint density at radius 3 is 2.58 bits per heavy atom. The van der Waals surface area contributed by atoms with Crippen LogP contribution in [0.2, 0.25) is 5.02 Å². The number of aromatic nitrogens is 1. The lowest BCUT2D eigenvalue weighted by Gasteiger charge is -2.09. The fraction of sp³-hybridized carbons (Fsp3) is 0.0500. The highest BCUT2D eigenvalue weighted by atomic mass is 35.5. The third kappa shape index (κ3) is 4.46. The molecule has 6 heteroatoms. The highest BCUT2D eigenvalue weighted by Crippen LogP contribution is 2.16. The summed E-state index contributed by atoms with van der Waals surface area (Å²) in [5, 5.41) is 6.04. The molecule has 0 saturated heterocycles. The molecule has 0 fully saturated rings. The summed E-state index contributed by atoms with van der Waals surface area (Å²) in [4.78, 5) is 28.3. The Morgan fingerprint density at radius 2 is 1.81 bits per heavy atom. The van der Waals surface area contributed by atoms with E-state index in [4.69, 9.17) is 11.6 Å². The van der Waals surface area contributed by atoms with Gasteiger partial charge in [0.15, 0.2) is 0 Å². The molecule has 0 atom stereocenters. The monoisotopic (exact) mass is 365 g/mol. The van der Waals surface area contributed by atoms with Gasteiger partial charge in [-0.1, -0.05) is 35.9 Å². The lowest BCUT2D eigenvalue weighted by atomic mass is 10.1. The second kappa shape index (κ2) is 8.27. The summed E-state index contributed by atoms with van der Waals surface area (Å²) in [6.07, 6.45) is 3.11. The van der Waals surface area contributed by atoms with Crippen molar-refractivity contribution in [3.63, 3.8) is 0 Å². The maximum atomic E-state index is 12.2. The van der Waals surface area contributed by atoms with Gasteiger partial charge in [0.05, 0.1) is 16.1 Å². The zero-order chi connectivity index (χ0) is 18.4. The molecule has 0 spiro atoms. The second-order valence-electron chi connectivity index (χ2n) is 5.56. The van der Waals surface area contributed by atoms with Gasteiger partial charge in [0.1, 0.15) is 0 Å². The molecule has 2 amide bonds. The maximum Gasteiger partial charge on any atom is 0.257 e. The van der Waals surface area contributed by atoms with Gasteiger partial charge < -0.3 is 10.6 Å². The number of hydrogen-bond acceptors (Lipinski definition) is 3. The van der Waals surface area contributed by atoms with Crippen molar-refractivity contribution in [2.75, 3.05) is 5.32 Å². The Balaban J connectivity index is 1.63. The van der Waals surface area contributed by atoms with E-state index in [-0.39, 0.29) is 11.8 Å². The van der Waals surface area contributed by atoms with E-state index in [0.717, 1.165) is 5.56 Å². The van der Waals surface area contributed by atoms with Gasteiger partial charge in [0, 0.05) is 24.6 Å². The van der Waals surface area contributed by atoms with Crippen molar-refractivity contribution in [2.24, 2.45) is 0 Å². The van der Waals surface area contributed by atoms with Crippen LogP contribution in [0, 0.1) is 0 Å². The lowest BCUT2D eigenvalue weighted by Crippen LogP contribution is -2.23. The number of carbonyl (C=O) groups excluding carboxylic acids is 2. The Hall–Kier alpha value is -3.18. The van der Waals surface area contributed by atoms with Gasteiger partial charge in [0.2, 0.25) is 0 Å². The van der Waals surface area contributed by atoms with Gasteiger partial charge in [0.25, 0.3) is 11.8 Å². The predicted molar refractivity (Wildman–Crippen MR) is 101 cm³/mol. The SMILES string of the molecule is O=C(Nc1cccc(CNC(=O)c2ccccc2Cl)c1)c1cccnc1. The van der Waals surface area contributed by atoms with Crippen LogP contribution < -0.4 is 10.6 Å². The minimum absolute atomic E-state index is 0.240. The average molecular weight is 366 g/mol. The van der Waals surface area contributed by atoms with E-state index in [1.165, 1.54) is 6.20 Å². The molecule has 1 aromatic heterocycles. The Kier molecular flexibility index (Phi) is 5.61. The molecule has 2 aromatic carbocycles. The molecule has 0 aliphatic rings. The highest BCUT2D eigenvalue weighted by Gasteiger charge is 2.10. The van der Waals surface area contributed by atoms with Crippen molar-refractivity contribution in [3.8, 4) is 0 Å². The minimum Gasteiger partial charge on any atom is -0.348 e. The minimum atomic E-state index is -0.250. The molecule has 130 valence electrons. The van der Waals surface area contributed by atoms with Gasteiger partial charge in [-0.3, -0.25) is 14.6 Å². The summed E-state index contributed by atoms with van der Waals surface area (Å²) >= 11 is 6.03. The first-order chi connectivity index (χ1) is 12.6. The Morgan fingerprint density at radius 1 is 0.962 bits per heavy atom. The number of nitrogens with one attached hydrogen (secondary N) is 2. The number of benzene rings is 2. The molecule has 5 nitrogen and oxygen atoms in total. The molecule has 0 radical (unpaired) electrons. The molecule has 1 heterocycles. The molecular formula is C20H16ClN3O2. The van der Waals surface area contributed by atoms with Gasteiger partial charge in [-0.15, -0.1) is 0 Å². The zero-order valence-electron chi connectivity index (χ0n) is 13.8. The number of pyridine rings is 1. The fourth-order valence-corrected chi connectivity index (χ4v) is 2.60. The van der Waals surface area contributed by atoms with Crippen molar-refractivity contribution in [1.82, 2.24) is 10.3 Å². The van der Waals surface area contributed by atoms with Crippen LogP contribution in [-0.2, 0) is 6.54 Å². The summed E-state index contributed by atoms with van der Waals surface area (Å²) in [6, 6.07) is 17.5. The van der Waals surface area contributed by atoms with Crippen LogP contribution in [0.5, 0.6) is 0 Å². The summed E-state index contributed by atoms with van der Waals surface area (Å²) in [6.45, 7) is 0.320. The van der Waals surface area contributed by atoms with E-state index in [0.29, 0.717) is 28.4 Å². The third-order valence-electron chi connectivity index (χ3n) is 3.68. The number of amides is 2. The topological polar surface area (TPSA) is 71.1 Å². The van der Waals surface area contributed by atoms with Crippen molar-refractivity contribution in [3.05, 3.63) is 94.8 Å². The molecule has 0 bridgehead atoms. The van der Waals surface area contributed by atoms with Crippen molar-refractivity contribution in [1.29, 1.82) is 0 Å². The van der Waals surface area contributed by atoms with Crippen LogP contribution in [0.15, 0.2) is 73.1 Å². The quantitative estimate of drug-likeness (QED) is 0.720. The molecule has 0 saturated carbocycles. The average Bonchev–Trinajstić information content (AvgIpc) is 2.67. The second-order valence-corrected chi connectivity index (χ2v) is 5.97. The first-order valence-corrected chi connectivity index (χ1v) is 8.34. The van der Waals surface area contributed by atoms with E-state index in [1.54, 1.807) is 54.7 Å². The number of carbonyl (C=O) groups is 2. The smallest absolute Gasteiger partial charge is 0.257 e. The van der Waals surface area contributed by atoms with E-state index in [1.807, 2.05) is 12.1 Å². The molecule has 0 unspecified atom stereocenters. The molecule has 26 heavy (non-hydrogen) atoms. The fourth-order valence-electron chi connectivity index (χ4n) is 2.38. The third-order valence-corrected chi connectivity index (χ3v) is 4.01. The largest absolute Gasteiger partial charge is 0.348 e.